The fourth-order valence-electron chi connectivity index (χ4n) is 2.08. The van der Waals surface area contributed by atoms with Gasteiger partial charge in [-0.25, -0.2) is 4.98 Å². The zero-order valence-electron chi connectivity index (χ0n) is 10.6. The Bertz CT molecular complexity index is 456. The van der Waals surface area contributed by atoms with E-state index in [1.165, 1.54) is 11.4 Å². The van der Waals surface area contributed by atoms with Gasteiger partial charge < -0.3 is 4.98 Å². The SMILES string of the molecule is CCc1[nH]c(C2CSCCN2C)nc(=S)c1C. The van der Waals surface area contributed by atoms with Crippen molar-refractivity contribution in [2.75, 3.05) is 25.1 Å². The number of rotatable bonds is 2. The van der Waals surface area contributed by atoms with Crippen LogP contribution in [0.4, 0.5) is 0 Å². The number of aromatic amines is 1. The van der Waals surface area contributed by atoms with Crippen LogP contribution >= 0.6 is 24.0 Å². The number of H-pyrrole nitrogens is 1. The second kappa shape index (κ2) is 5.50. The highest BCUT2D eigenvalue weighted by Crippen LogP contribution is 2.26. The Morgan fingerprint density at radius 3 is 3.00 bits per heavy atom. The first kappa shape index (κ1) is 13.1. The minimum Gasteiger partial charge on any atom is -0.346 e. The maximum atomic E-state index is 5.35. The standard InChI is InChI=1S/C12H19N3S2/c1-4-9-8(2)12(16)14-11(13-9)10-7-17-6-5-15(10)3/h10H,4-7H2,1-3H3,(H,13,14,16). The van der Waals surface area contributed by atoms with Crippen molar-refractivity contribution in [1.29, 1.82) is 0 Å². The average Bonchev–Trinajstić information content (AvgIpc) is 2.33. The largest absolute Gasteiger partial charge is 0.346 e. The highest BCUT2D eigenvalue weighted by molar-refractivity contribution is 7.99. The molecule has 0 saturated carbocycles. The van der Waals surface area contributed by atoms with E-state index in [4.69, 9.17) is 12.2 Å². The van der Waals surface area contributed by atoms with E-state index < -0.39 is 0 Å². The van der Waals surface area contributed by atoms with Crippen molar-refractivity contribution in [2.45, 2.75) is 26.3 Å². The molecular weight excluding hydrogens is 250 g/mol. The quantitative estimate of drug-likeness (QED) is 0.837. The molecule has 1 aliphatic heterocycles. The molecule has 94 valence electrons. The Hall–Kier alpha value is -0.390. The molecule has 1 aliphatic rings. The van der Waals surface area contributed by atoms with Gasteiger partial charge in [-0.1, -0.05) is 19.1 Å². The van der Waals surface area contributed by atoms with Crippen molar-refractivity contribution in [3.05, 3.63) is 21.7 Å². The maximum absolute atomic E-state index is 5.35. The fourth-order valence-corrected chi connectivity index (χ4v) is 3.53. The Kier molecular flexibility index (Phi) is 4.22. The molecule has 3 nitrogen and oxygen atoms in total. The predicted molar refractivity (Wildman–Crippen MR) is 76.2 cm³/mol. The van der Waals surface area contributed by atoms with Gasteiger partial charge >= 0.3 is 0 Å². The maximum Gasteiger partial charge on any atom is 0.132 e. The van der Waals surface area contributed by atoms with Crippen LogP contribution in [0.3, 0.4) is 0 Å². The van der Waals surface area contributed by atoms with E-state index in [0.29, 0.717) is 6.04 Å². The van der Waals surface area contributed by atoms with Crippen LogP contribution in [0.25, 0.3) is 0 Å². The van der Waals surface area contributed by atoms with E-state index in [1.54, 1.807) is 0 Å². The molecule has 0 bridgehead atoms. The number of nitrogens with zero attached hydrogens (tertiary/aromatic N) is 2. The molecular formula is C12H19N3S2. The van der Waals surface area contributed by atoms with Crippen molar-refractivity contribution < 1.29 is 0 Å². The van der Waals surface area contributed by atoms with Crippen LogP contribution in [0.1, 0.15) is 30.0 Å². The second-order valence-corrected chi connectivity index (χ2v) is 5.99. The second-order valence-electron chi connectivity index (χ2n) is 4.46. The van der Waals surface area contributed by atoms with Crippen molar-refractivity contribution >= 4 is 24.0 Å². The third-order valence-electron chi connectivity index (χ3n) is 3.34. The number of aryl methyl sites for hydroxylation is 1. The molecule has 0 radical (unpaired) electrons. The summed E-state index contributed by atoms with van der Waals surface area (Å²) in [6.07, 6.45) is 0.981. The molecule has 0 spiro atoms. The molecule has 5 heteroatoms. The van der Waals surface area contributed by atoms with Crippen LogP contribution in [0, 0.1) is 11.6 Å². The fraction of sp³-hybridized carbons (Fsp3) is 0.667. The zero-order chi connectivity index (χ0) is 12.4. The van der Waals surface area contributed by atoms with Crippen molar-refractivity contribution in [2.24, 2.45) is 0 Å². The predicted octanol–water partition coefficient (Wildman–Crippen LogP) is 2.73. The molecule has 2 rings (SSSR count). The van der Waals surface area contributed by atoms with Gasteiger partial charge in [-0.3, -0.25) is 4.90 Å². The summed E-state index contributed by atoms with van der Waals surface area (Å²) in [7, 11) is 2.16. The highest BCUT2D eigenvalue weighted by atomic mass is 32.2. The third-order valence-corrected chi connectivity index (χ3v) is 4.76. The molecule has 1 saturated heterocycles. The topological polar surface area (TPSA) is 31.9 Å². The lowest BCUT2D eigenvalue weighted by molar-refractivity contribution is 0.264. The lowest BCUT2D eigenvalue weighted by Crippen LogP contribution is -2.34. The highest BCUT2D eigenvalue weighted by Gasteiger charge is 2.23. The van der Waals surface area contributed by atoms with Crippen molar-refractivity contribution in [3.8, 4) is 0 Å². The first-order chi connectivity index (χ1) is 8.13. The van der Waals surface area contributed by atoms with E-state index in [-0.39, 0.29) is 0 Å². The van der Waals surface area contributed by atoms with Gasteiger partial charge in [-0.15, -0.1) is 0 Å². The lowest BCUT2D eigenvalue weighted by Gasteiger charge is -2.31. The van der Waals surface area contributed by atoms with Gasteiger partial charge in [0.1, 0.15) is 10.5 Å². The molecule has 1 unspecified atom stereocenters. The van der Waals surface area contributed by atoms with Crippen LogP contribution in [0.2, 0.25) is 0 Å². The number of thioether (sulfide) groups is 1. The van der Waals surface area contributed by atoms with Gasteiger partial charge in [-0.05, 0) is 20.4 Å². The monoisotopic (exact) mass is 269 g/mol. The van der Waals surface area contributed by atoms with Crippen LogP contribution in [-0.4, -0.2) is 40.0 Å². The first-order valence-electron chi connectivity index (χ1n) is 6.01. The molecule has 0 amide bonds. The summed E-state index contributed by atoms with van der Waals surface area (Å²) in [5.41, 5.74) is 2.35. The zero-order valence-corrected chi connectivity index (χ0v) is 12.2. The number of nitrogens with one attached hydrogen (secondary N) is 1. The molecule has 1 aromatic heterocycles. The van der Waals surface area contributed by atoms with Crippen LogP contribution in [0.15, 0.2) is 0 Å². The Morgan fingerprint density at radius 1 is 1.59 bits per heavy atom. The molecule has 1 atom stereocenters. The van der Waals surface area contributed by atoms with Gasteiger partial charge in [0.15, 0.2) is 0 Å². The molecule has 1 fully saturated rings. The number of hydrogen-bond acceptors (Lipinski definition) is 4. The van der Waals surface area contributed by atoms with E-state index in [0.717, 1.165) is 34.7 Å². The Morgan fingerprint density at radius 2 is 2.35 bits per heavy atom. The molecule has 0 aliphatic carbocycles. The lowest BCUT2D eigenvalue weighted by atomic mass is 10.2. The van der Waals surface area contributed by atoms with Crippen molar-refractivity contribution in [1.82, 2.24) is 14.9 Å². The Balaban J connectivity index is 2.38. The average molecular weight is 269 g/mol. The molecule has 1 N–H and O–H groups in total. The summed E-state index contributed by atoms with van der Waals surface area (Å²) in [6.45, 7) is 5.32. The number of hydrogen-bond donors (Lipinski definition) is 1. The van der Waals surface area contributed by atoms with Gasteiger partial charge in [0.05, 0.1) is 6.04 Å². The van der Waals surface area contributed by atoms with Gasteiger partial charge in [0, 0.05) is 29.3 Å². The molecule has 1 aromatic rings. The van der Waals surface area contributed by atoms with Gasteiger partial charge in [-0.2, -0.15) is 11.8 Å². The molecule has 0 aromatic carbocycles. The van der Waals surface area contributed by atoms with Gasteiger partial charge in [0.25, 0.3) is 0 Å². The minimum absolute atomic E-state index is 0.376. The van der Waals surface area contributed by atoms with Crippen LogP contribution < -0.4 is 0 Å². The summed E-state index contributed by atoms with van der Waals surface area (Å²) in [4.78, 5) is 10.4. The molecule has 2 heterocycles. The van der Waals surface area contributed by atoms with Gasteiger partial charge in [0.2, 0.25) is 0 Å². The van der Waals surface area contributed by atoms with E-state index >= 15 is 0 Å². The van der Waals surface area contributed by atoms with E-state index in [9.17, 15) is 0 Å². The van der Waals surface area contributed by atoms with Crippen LogP contribution in [-0.2, 0) is 6.42 Å². The Labute approximate surface area is 112 Å². The number of aromatic nitrogens is 2. The smallest absolute Gasteiger partial charge is 0.132 e. The normalized spacial score (nSPS) is 21.7. The minimum atomic E-state index is 0.376. The van der Waals surface area contributed by atoms with E-state index in [1.807, 2.05) is 18.7 Å². The summed E-state index contributed by atoms with van der Waals surface area (Å²) in [5, 5.41) is 0. The summed E-state index contributed by atoms with van der Waals surface area (Å²) in [6, 6.07) is 0.376. The first-order valence-corrected chi connectivity index (χ1v) is 7.57. The summed E-state index contributed by atoms with van der Waals surface area (Å²) in [5.74, 6) is 3.34. The van der Waals surface area contributed by atoms with Crippen molar-refractivity contribution in [3.63, 3.8) is 0 Å². The third kappa shape index (κ3) is 2.72. The summed E-state index contributed by atoms with van der Waals surface area (Å²) >= 11 is 7.34. The molecule has 17 heavy (non-hydrogen) atoms. The van der Waals surface area contributed by atoms with E-state index in [2.05, 4.69) is 28.8 Å². The van der Waals surface area contributed by atoms with Crippen LogP contribution in [0.5, 0.6) is 0 Å². The summed E-state index contributed by atoms with van der Waals surface area (Å²) < 4.78 is 0.750.